The summed E-state index contributed by atoms with van der Waals surface area (Å²) in [5.74, 6) is -0.627. The molecule has 154 valence electrons. The van der Waals surface area contributed by atoms with Crippen molar-refractivity contribution in [2.45, 2.75) is 37.5 Å². The molecule has 3 aromatic rings. The van der Waals surface area contributed by atoms with Crippen molar-refractivity contribution >= 4 is 22.8 Å². The fourth-order valence-corrected chi connectivity index (χ4v) is 5.12. The first-order chi connectivity index (χ1) is 14.6. The van der Waals surface area contributed by atoms with Gasteiger partial charge in [0.1, 0.15) is 12.6 Å². The molecule has 2 aliphatic heterocycles. The zero-order chi connectivity index (χ0) is 20.7. The first kappa shape index (κ1) is 18.9. The smallest absolute Gasteiger partial charge is 0.332 e. The molecule has 0 saturated carbocycles. The first-order valence-electron chi connectivity index (χ1n) is 10.3. The number of hydrogen-bond donors (Lipinski definition) is 1. The Balaban J connectivity index is 1.55. The number of nitrogens with zero attached hydrogens (tertiary/aromatic N) is 1. The van der Waals surface area contributed by atoms with Gasteiger partial charge in [0.05, 0.1) is 12.8 Å². The van der Waals surface area contributed by atoms with Crippen LogP contribution in [0.15, 0.2) is 54.6 Å². The van der Waals surface area contributed by atoms with Crippen molar-refractivity contribution in [2.75, 3.05) is 13.7 Å². The van der Waals surface area contributed by atoms with Gasteiger partial charge >= 0.3 is 11.9 Å². The average molecular weight is 404 g/mol. The molecule has 2 aliphatic rings. The Morgan fingerprint density at radius 1 is 1.13 bits per heavy atom. The van der Waals surface area contributed by atoms with Crippen LogP contribution in [0.1, 0.15) is 29.7 Å². The van der Waals surface area contributed by atoms with Crippen LogP contribution in [-0.4, -0.2) is 41.5 Å². The van der Waals surface area contributed by atoms with Gasteiger partial charge in [-0.2, -0.15) is 0 Å². The van der Waals surface area contributed by atoms with Crippen molar-refractivity contribution in [3.63, 3.8) is 0 Å². The quantitative estimate of drug-likeness (QED) is 0.676. The third-order valence-corrected chi connectivity index (χ3v) is 6.45. The van der Waals surface area contributed by atoms with Crippen molar-refractivity contribution in [1.29, 1.82) is 0 Å². The van der Waals surface area contributed by atoms with Gasteiger partial charge in [0, 0.05) is 23.9 Å². The fraction of sp³-hybridized carbons (Fsp3) is 0.333. The van der Waals surface area contributed by atoms with Crippen LogP contribution in [0.4, 0.5) is 0 Å². The van der Waals surface area contributed by atoms with Gasteiger partial charge < -0.3 is 14.5 Å². The maximum atomic E-state index is 13.2. The summed E-state index contributed by atoms with van der Waals surface area (Å²) in [5.41, 5.74) is 2.81. The Labute approximate surface area is 174 Å². The van der Waals surface area contributed by atoms with E-state index in [4.69, 9.17) is 9.47 Å². The highest BCUT2D eigenvalue weighted by atomic mass is 16.5. The van der Waals surface area contributed by atoms with Crippen LogP contribution >= 0.6 is 0 Å². The molecule has 0 amide bonds. The summed E-state index contributed by atoms with van der Waals surface area (Å²) < 4.78 is 10.9. The second kappa shape index (κ2) is 7.29. The van der Waals surface area contributed by atoms with Crippen LogP contribution in [0.5, 0.6) is 0 Å². The average Bonchev–Trinajstić information content (AvgIpc) is 3.39. The summed E-state index contributed by atoms with van der Waals surface area (Å²) in [6, 6.07) is 17.1. The lowest BCUT2D eigenvalue weighted by Gasteiger charge is -2.43. The molecule has 1 fully saturated rings. The number of ether oxygens (including phenoxy) is 2. The number of methoxy groups -OCH3 is 1. The Morgan fingerprint density at radius 2 is 1.90 bits per heavy atom. The maximum absolute atomic E-state index is 13.2. The molecule has 30 heavy (non-hydrogen) atoms. The maximum Gasteiger partial charge on any atom is 0.332 e. The molecule has 6 heteroatoms. The van der Waals surface area contributed by atoms with E-state index in [1.165, 1.54) is 7.11 Å². The van der Waals surface area contributed by atoms with Gasteiger partial charge in [0.25, 0.3) is 0 Å². The van der Waals surface area contributed by atoms with E-state index < -0.39 is 11.6 Å². The Kier molecular flexibility index (Phi) is 4.59. The predicted molar refractivity (Wildman–Crippen MR) is 112 cm³/mol. The van der Waals surface area contributed by atoms with Crippen molar-refractivity contribution < 1.29 is 19.1 Å². The number of nitrogens with one attached hydrogen (secondary N) is 1. The highest BCUT2D eigenvalue weighted by Gasteiger charge is 2.58. The third kappa shape index (κ3) is 2.75. The highest BCUT2D eigenvalue weighted by molar-refractivity contribution is 5.93. The molecular weight excluding hydrogens is 380 g/mol. The number of esters is 2. The van der Waals surface area contributed by atoms with E-state index in [1.807, 2.05) is 59.5 Å². The standard InChI is InChI=1S/C24H24N2O4/c1-29-23(28)24-12-7-13-26(24)20(22(27)30-15-16-8-3-2-4-9-16)14-18-17-10-5-6-11-19(17)25-21(18)24/h2-6,8-11,20,25H,7,12-15H2,1H3/t20-,24+/m0/s1. The SMILES string of the molecule is COC(=O)[C@]12CCCN1[C@H](C(=O)OCc1ccccc1)Cc1c2[nH]c2ccccc12. The van der Waals surface area contributed by atoms with E-state index in [1.54, 1.807) is 0 Å². The van der Waals surface area contributed by atoms with Crippen LogP contribution < -0.4 is 0 Å². The third-order valence-electron chi connectivity index (χ3n) is 6.45. The second-order valence-corrected chi connectivity index (χ2v) is 7.99. The van der Waals surface area contributed by atoms with Gasteiger partial charge in [-0.1, -0.05) is 48.5 Å². The molecule has 3 heterocycles. The van der Waals surface area contributed by atoms with Crippen LogP contribution in [0, 0.1) is 0 Å². The minimum absolute atomic E-state index is 0.218. The molecule has 2 aromatic carbocycles. The molecule has 0 radical (unpaired) electrons. The molecule has 1 saturated heterocycles. The van der Waals surface area contributed by atoms with Gasteiger partial charge in [0.2, 0.25) is 0 Å². The fourth-order valence-electron chi connectivity index (χ4n) is 5.12. The van der Waals surface area contributed by atoms with Gasteiger partial charge in [-0.3, -0.25) is 9.69 Å². The van der Waals surface area contributed by atoms with Crippen LogP contribution in [-0.2, 0) is 37.6 Å². The molecule has 0 bridgehead atoms. The zero-order valence-corrected chi connectivity index (χ0v) is 16.9. The zero-order valence-electron chi connectivity index (χ0n) is 16.9. The summed E-state index contributed by atoms with van der Waals surface area (Å²) in [5, 5.41) is 1.04. The second-order valence-electron chi connectivity index (χ2n) is 7.99. The number of carbonyl (C=O) groups is 2. The van der Waals surface area contributed by atoms with Crippen LogP contribution in [0.25, 0.3) is 10.9 Å². The molecule has 0 spiro atoms. The number of aromatic nitrogens is 1. The topological polar surface area (TPSA) is 71.6 Å². The minimum atomic E-state index is -0.974. The van der Waals surface area contributed by atoms with E-state index in [0.29, 0.717) is 19.4 Å². The van der Waals surface area contributed by atoms with E-state index in [9.17, 15) is 9.59 Å². The Bertz CT molecular complexity index is 1110. The molecule has 0 aliphatic carbocycles. The monoisotopic (exact) mass is 404 g/mol. The number of para-hydroxylation sites is 1. The van der Waals surface area contributed by atoms with E-state index in [2.05, 4.69) is 4.98 Å². The summed E-state index contributed by atoms with van der Waals surface area (Å²) in [7, 11) is 1.41. The number of fused-ring (bicyclic) bond motifs is 5. The highest BCUT2D eigenvalue weighted by Crippen LogP contribution is 2.48. The molecule has 1 N–H and O–H groups in total. The first-order valence-corrected chi connectivity index (χ1v) is 10.3. The summed E-state index contributed by atoms with van der Waals surface area (Å²) in [4.78, 5) is 31.8. The number of aromatic amines is 1. The predicted octanol–water partition coefficient (Wildman–Crippen LogP) is 3.30. The van der Waals surface area contributed by atoms with Gasteiger partial charge in [0.15, 0.2) is 5.54 Å². The van der Waals surface area contributed by atoms with Crippen molar-refractivity contribution in [3.05, 3.63) is 71.4 Å². The molecule has 5 rings (SSSR count). The number of hydrogen-bond acceptors (Lipinski definition) is 5. The lowest BCUT2D eigenvalue weighted by Crippen LogP contribution is -2.59. The van der Waals surface area contributed by atoms with E-state index in [0.717, 1.165) is 34.1 Å². The van der Waals surface area contributed by atoms with Gasteiger partial charge in [-0.15, -0.1) is 0 Å². The van der Waals surface area contributed by atoms with Crippen molar-refractivity contribution in [1.82, 2.24) is 9.88 Å². The molecule has 0 unspecified atom stereocenters. The normalized spacial score (nSPS) is 23.0. The number of carbonyl (C=O) groups excluding carboxylic acids is 2. The summed E-state index contributed by atoms with van der Waals surface area (Å²) in [6.07, 6.45) is 1.93. The summed E-state index contributed by atoms with van der Waals surface area (Å²) in [6.45, 7) is 0.866. The lowest BCUT2D eigenvalue weighted by atomic mass is 9.81. The molecular formula is C24H24N2O4. The van der Waals surface area contributed by atoms with Gasteiger partial charge in [-0.25, -0.2) is 4.79 Å². The van der Waals surface area contributed by atoms with E-state index in [-0.39, 0.29) is 18.5 Å². The van der Waals surface area contributed by atoms with Gasteiger partial charge in [-0.05, 0) is 30.0 Å². The van der Waals surface area contributed by atoms with E-state index >= 15 is 0 Å². The number of benzene rings is 2. The summed E-state index contributed by atoms with van der Waals surface area (Å²) >= 11 is 0. The largest absolute Gasteiger partial charge is 0.467 e. The number of rotatable bonds is 4. The Hall–Kier alpha value is -3.12. The number of H-pyrrole nitrogens is 1. The van der Waals surface area contributed by atoms with Crippen LogP contribution in [0.3, 0.4) is 0 Å². The molecule has 6 nitrogen and oxygen atoms in total. The lowest BCUT2D eigenvalue weighted by molar-refractivity contribution is -0.164. The van der Waals surface area contributed by atoms with Crippen LogP contribution in [0.2, 0.25) is 0 Å². The minimum Gasteiger partial charge on any atom is -0.467 e. The Morgan fingerprint density at radius 3 is 2.70 bits per heavy atom. The molecule has 2 atom stereocenters. The van der Waals surface area contributed by atoms with Crippen molar-refractivity contribution in [2.24, 2.45) is 0 Å². The molecule has 1 aromatic heterocycles. The van der Waals surface area contributed by atoms with Crippen molar-refractivity contribution in [3.8, 4) is 0 Å².